The largest absolute Gasteiger partial charge is 0.489 e. The minimum Gasteiger partial charge on any atom is -0.489 e. The molecule has 1 aliphatic rings. The van der Waals surface area contributed by atoms with Gasteiger partial charge < -0.3 is 24.8 Å². The van der Waals surface area contributed by atoms with Gasteiger partial charge in [0, 0.05) is 33.4 Å². The lowest BCUT2D eigenvalue weighted by Gasteiger charge is -2.13. The number of nitrogens with zero attached hydrogens (tertiary/aromatic N) is 1. The monoisotopic (exact) mass is 397 g/mol. The van der Waals surface area contributed by atoms with E-state index in [1.807, 2.05) is 30.3 Å². The molecule has 6 nitrogen and oxygen atoms in total. The molecule has 156 valence electrons. The fourth-order valence-corrected chi connectivity index (χ4v) is 3.02. The van der Waals surface area contributed by atoms with Crippen molar-refractivity contribution in [2.45, 2.75) is 32.1 Å². The van der Waals surface area contributed by atoms with E-state index in [9.17, 15) is 0 Å². The summed E-state index contributed by atoms with van der Waals surface area (Å²) in [5.74, 6) is 1.66. The smallest absolute Gasteiger partial charge is 0.191 e. The summed E-state index contributed by atoms with van der Waals surface area (Å²) in [5, 5.41) is 6.65. The van der Waals surface area contributed by atoms with E-state index in [2.05, 4.69) is 39.9 Å². The van der Waals surface area contributed by atoms with Crippen molar-refractivity contribution in [2.75, 3.05) is 33.4 Å². The molecule has 1 heterocycles. The topological polar surface area (TPSA) is 64.1 Å². The highest BCUT2D eigenvalue weighted by molar-refractivity contribution is 5.79. The van der Waals surface area contributed by atoms with Crippen molar-refractivity contribution in [1.82, 2.24) is 10.6 Å². The van der Waals surface area contributed by atoms with Crippen molar-refractivity contribution < 1.29 is 14.2 Å². The van der Waals surface area contributed by atoms with Gasteiger partial charge in [0.05, 0.1) is 12.7 Å². The van der Waals surface area contributed by atoms with E-state index >= 15 is 0 Å². The summed E-state index contributed by atoms with van der Waals surface area (Å²) in [4.78, 5) is 4.27. The second-order valence-electron chi connectivity index (χ2n) is 6.98. The lowest BCUT2D eigenvalue weighted by Crippen LogP contribution is -2.37. The molecular formula is C23H31N3O3. The normalized spacial score (nSPS) is 16.6. The van der Waals surface area contributed by atoms with E-state index in [4.69, 9.17) is 14.2 Å². The van der Waals surface area contributed by atoms with Crippen LogP contribution in [-0.4, -0.2) is 45.5 Å². The molecule has 0 aliphatic carbocycles. The van der Waals surface area contributed by atoms with Crippen LogP contribution in [0.15, 0.2) is 59.6 Å². The van der Waals surface area contributed by atoms with Gasteiger partial charge in [0.25, 0.3) is 0 Å². The van der Waals surface area contributed by atoms with Crippen LogP contribution >= 0.6 is 0 Å². The van der Waals surface area contributed by atoms with Crippen molar-refractivity contribution >= 4 is 5.96 Å². The molecular weight excluding hydrogens is 366 g/mol. The maximum Gasteiger partial charge on any atom is 0.191 e. The summed E-state index contributed by atoms with van der Waals surface area (Å²) >= 11 is 0. The van der Waals surface area contributed by atoms with Gasteiger partial charge in [-0.15, -0.1) is 0 Å². The van der Waals surface area contributed by atoms with Crippen LogP contribution in [0.3, 0.4) is 0 Å². The highest BCUT2D eigenvalue weighted by atomic mass is 16.5. The second-order valence-corrected chi connectivity index (χ2v) is 6.98. The summed E-state index contributed by atoms with van der Waals surface area (Å²) in [6.07, 6.45) is 2.21. The Bertz CT molecular complexity index is 729. The zero-order valence-electron chi connectivity index (χ0n) is 17.1. The van der Waals surface area contributed by atoms with E-state index in [0.717, 1.165) is 56.5 Å². The quantitative estimate of drug-likeness (QED) is 0.366. The Morgan fingerprint density at radius 2 is 1.90 bits per heavy atom. The van der Waals surface area contributed by atoms with Crippen LogP contribution in [0.25, 0.3) is 0 Å². The Balaban J connectivity index is 1.31. The summed E-state index contributed by atoms with van der Waals surface area (Å²) in [5.41, 5.74) is 2.33. The third kappa shape index (κ3) is 7.75. The van der Waals surface area contributed by atoms with Crippen molar-refractivity contribution in [1.29, 1.82) is 0 Å². The lowest BCUT2D eigenvalue weighted by molar-refractivity contribution is 0.0420. The van der Waals surface area contributed by atoms with Crippen LogP contribution < -0.4 is 15.4 Å². The van der Waals surface area contributed by atoms with Crippen LogP contribution in [0.4, 0.5) is 0 Å². The molecule has 1 aliphatic heterocycles. The number of hydrogen-bond acceptors (Lipinski definition) is 4. The first-order valence-electron chi connectivity index (χ1n) is 10.2. The van der Waals surface area contributed by atoms with Crippen molar-refractivity contribution in [3.63, 3.8) is 0 Å². The van der Waals surface area contributed by atoms with Crippen molar-refractivity contribution in [3.8, 4) is 5.75 Å². The average molecular weight is 398 g/mol. The van der Waals surface area contributed by atoms with E-state index in [-0.39, 0.29) is 6.10 Å². The molecule has 0 bridgehead atoms. The van der Waals surface area contributed by atoms with E-state index in [1.165, 1.54) is 5.56 Å². The Hall–Kier alpha value is -2.57. The molecule has 0 spiro atoms. The van der Waals surface area contributed by atoms with Crippen LogP contribution in [0.5, 0.6) is 5.75 Å². The number of aliphatic imine (C=N–C) groups is 1. The third-order valence-corrected chi connectivity index (χ3v) is 4.71. The first-order valence-corrected chi connectivity index (χ1v) is 10.2. The zero-order valence-corrected chi connectivity index (χ0v) is 17.1. The maximum absolute atomic E-state index is 5.83. The van der Waals surface area contributed by atoms with Gasteiger partial charge in [-0.1, -0.05) is 42.5 Å². The molecule has 0 saturated carbocycles. The zero-order chi connectivity index (χ0) is 20.2. The van der Waals surface area contributed by atoms with Crippen LogP contribution in [0, 0.1) is 0 Å². The Labute approximate surface area is 173 Å². The average Bonchev–Trinajstić information content (AvgIpc) is 3.29. The van der Waals surface area contributed by atoms with E-state index in [0.29, 0.717) is 13.2 Å². The van der Waals surface area contributed by atoms with E-state index < -0.39 is 0 Å². The Kier molecular flexibility index (Phi) is 8.82. The highest BCUT2D eigenvalue weighted by Gasteiger charge is 2.15. The molecule has 3 rings (SSSR count). The molecule has 1 saturated heterocycles. The first-order chi connectivity index (χ1) is 14.3. The van der Waals surface area contributed by atoms with Crippen LogP contribution in [-0.2, 0) is 22.6 Å². The number of benzene rings is 2. The molecule has 1 fully saturated rings. The van der Waals surface area contributed by atoms with Gasteiger partial charge in [0.1, 0.15) is 12.4 Å². The van der Waals surface area contributed by atoms with Gasteiger partial charge in [-0.25, -0.2) is 0 Å². The predicted molar refractivity (Wildman–Crippen MR) is 115 cm³/mol. The number of hydrogen-bond donors (Lipinski definition) is 2. The molecule has 0 radical (unpaired) electrons. The lowest BCUT2D eigenvalue weighted by atomic mass is 10.2. The maximum atomic E-state index is 5.83. The number of nitrogens with one attached hydrogen (secondary N) is 2. The highest BCUT2D eigenvalue weighted by Crippen LogP contribution is 2.14. The van der Waals surface area contributed by atoms with Gasteiger partial charge in [0.15, 0.2) is 5.96 Å². The summed E-state index contributed by atoms with van der Waals surface area (Å²) in [7, 11) is 1.78. The predicted octanol–water partition coefficient (Wildman–Crippen LogP) is 3.13. The molecule has 2 N–H and O–H groups in total. The second kappa shape index (κ2) is 12.1. The standard InChI is InChI=1S/C23H31N3O3/c1-24-23(25-13-5-14-28-22-12-15-27-18-22)26-16-19-8-10-21(11-9-19)29-17-20-6-3-2-4-7-20/h2-4,6-11,22H,5,12-18H2,1H3,(H2,24,25,26). The molecule has 2 aromatic carbocycles. The first kappa shape index (κ1) is 21.1. The third-order valence-electron chi connectivity index (χ3n) is 4.71. The van der Waals surface area contributed by atoms with Crippen molar-refractivity contribution in [3.05, 3.63) is 65.7 Å². The minimum absolute atomic E-state index is 0.270. The van der Waals surface area contributed by atoms with Gasteiger partial charge in [-0.05, 0) is 36.1 Å². The summed E-state index contributed by atoms with van der Waals surface area (Å²) < 4.78 is 16.9. The van der Waals surface area contributed by atoms with Crippen LogP contribution in [0.1, 0.15) is 24.0 Å². The van der Waals surface area contributed by atoms with E-state index in [1.54, 1.807) is 7.05 Å². The molecule has 0 amide bonds. The van der Waals surface area contributed by atoms with Crippen molar-refractivity contribution in [2.24, 2.45) is 4.99 Å². The van der Waals surface area contributed by atoms with Gasteiger partial charge in [0.2, 0.25) is 0 Å². The fraction of sp³-hybridized carbons (Fsp3) is 0.435. The number of rotatable bonds is 10. The number of guanidine groups is 1. The van der Waals surface area contributed by atoms with Gasteiger partial charge in [-0.2, -0.15) is 0 Å². The SMILES string of the molecule is CN=C(NCCCOC1CCOC1)NCc1ccc(OCc2ccccc2)cc1. The molecule has 6 heteroatoms. The Morgan fingerprint density at radius 1 is 1.07 bits per heavy atom. The fourth-order valence-electron chi connectivity index (χ4n) is 3.02. The molecule has 2 aromatic rings. The molecule has 1 unspecified atom stereocenters. The summed E-state index contributed by atoms with van der Waals surface area (Å²) in [6, 6.07) is 18.3. The van der Waals surface area contributed by atoms with Crippen LogP contribution in [0.2, 0.25) is 0 Å². The van der Waals surface area contributed by atoms with Gasteiger partial charge >= 0.3 is 0 Å². The van der Waals surface area contributed by atoms with Gasteiger partial charge in [-0.3, -0.25) is 4.99 Å². The molecule has 29 heavy (non-hydrogen) atoms. The minimum atomic E-state index is 0.270. The Morgan fingerprint density at radius 3 is 2.62 bits per heavy atom. The number of ether oxygens (including phenoxy) is 3. The molecule has 1 atom stereocenters. The molecule has 0 aromatic heterocycles. The summed E-state index contributed by atoms with van der Waals surface area (Å²) in [6.45, 7) is 4.38.